The Labute approximate surface area is 110 Å². The summed E-state index contributed by atoms with van der Waals surface area (Å²) < 4.78 is 10.9. The zero-order chi connectivity index (χ0) is 13.1. The van der Waals surface area contributed by atoms with E-state index in [2.05, 4.69) is 0 Å². The fraction of sp³-hybridized carbons (Fsp3) is 0.214. The Morgan fingerprint density at radius 2 is 2.06 bits per heavy atom. The van der Waals surface area contributed by atoms with E-state index >= 15 is 0 Å². The van der Waals surface area contributed by atoms with Crippen molar-refractivity contribution in [1.29, 1.82) is 0 Å². The van der Waals surface area contributed by atoms with Gasteiger partial charge in [0.25, 0.3) is 0 Å². The number of halogens is 1. The molecular formula is C14H13ClO3. The summed E-state index contributed by atoms with van der Waals surface area (Å²) in [5, 5.41) is 0.519. The number of rotatable bonds is 4. The largest absolute Gasteiger partial charge is 0.489 e. The molecule has 0 amide bonds. The molecule has 0 aliphatic heterocycles. The van der Waals surface area contributed by atoms with Gasteiger partial charge < -0.3 is 9.15 Å². The highest BCUT2D eigenvalue weighted by Gasteiger charge is 2.09. The number of carbonyl (C=O) groups excluding carboxylic acids is 1. The van der Waals surface area contributed by atoms with E-state index in [1.165, 1.54) is 0 Å². The topological polar surface area (TPSA) is 39.4 Å². The molecule has 0 atom stereocenters. The molecule has 0 fully saturated rings. The molecule has 0 aliphatic carbocycles. The monoisotopic (exact) mass is 264 g/mol. The van der Waals surface area contributed by atoms with E-state index in [1.807, 2.05) is 19.9 Å². The molecule has 1 aromatic heterocycles. The zero-order valence-electron chi connectivity index (χ0n) is 10.1. The number of aldehydes is 1. The van der Waals surface area contributed by atoms with Gasteiger partial charge in [-0.05, 0) is 44.2 Å². The van der Waals surface area contributed by atoms with Gasteiger partial charge in [0.05, 0.1) is 11.1 Å². The number of carbonyl (C=O) groups is 1. The second-order valence-electron chi connectivity index (χ2n) is 4.13. The third kappa shape index (κ3) is 2.74. The van der Waals surface area contributed by atoms with Crippen molar-refractivity contribution in [2.24, 2.45) is 0 Å². The molecule has 0 saturated carbocycles. The number of ether oxygens (including phenoxy) is 1. The Kier molecular flexibility index (Phi) is 3.72. The molecule has 0 N–H and O–H groups in total. The van der Waals surface area contributed by atoms with Crippen LogP contribution in [0.2, 0.25) is 5.02 Å². The molecule has 0 bridgehead atoms. The van der Waals surface area contributed by atoms with Gasteiger partial charge in [0.1, 0.15) is 11.5 Å². The Bertz CT molecular complexity index is 558. The van der Waals surface area contributed by atoms with Crippen LogP contribution >= 0.6 is 11.6 Å². The lowest BCUT2D eigenvalue weighted by atomic mass is 10.1. The molecule has 0 aliphatic rings. The average Bonchev–Trinajstić information content (AvgIpc) is 2.80. The predicted molar refractivity (Wildman–Crippen MR) is 70.3 cm³/mol. The summed E-state index contributed by atoms with van der Waals surface area (Å²) in [6.07, 6.45) is 0.736. The fourth-order valence-electron chi connectivity index (χ4n) is 1.57. The first kappa shape index (κ1) is 12.7. The smallest absolute Gasteiger partial charge is 0.185 e. The standard InChI is InChI=1S/C14H13ClO3/c1-9(2)17-14-5-3-10(7-12(14)15)13-6-4-11(8-16)18-13/h3-9H,1-2H3. The van der Waals surface area contributed by atoms with Crippen LogP contribution < -0.4 is 4.74 Å². The molecule has 0 spiro atoms. The second kappa shape index (κ2) is 5.27. The summed E-state index contributed by atoms with van der Waals surface area (Å²) in [4.78, 5) is 10.6. The van der Waals surface area contributed by atoms with Crippen LogP contribution in [0.4, 0.5) is 0 Å². The molecule has 0 saturated heterocycles. The fourth-order valence-corrected chi connectivity index (χ4v) is 1.80. The van der Waals surface area contributed by atoms with Crippen molar-refractivity contribution in [3.63, 3.8) is 0 Å². The maximum absolute atomic E-state index is 10.6. The molecule has 2 aromatic rings. The molecule has 1 heterocycles. The number of hydrogen-bond donors (Lipinski definition) is 0. The van der Waals surface area contributed by atoms with Crippen LogP contribution in [-0.2, 0) is 0 Å². The molecular weight excluding hydrogens is 252 g/mol. The van der Waals surface area contributed by atoms with Crippen LogP contribution in [-0.4, -0.2) is 12.4 Å². The minimum Gasteiger partial charge on any atom is -0.489 e. The quantitative estimate of drug-likeness (QED) is 0.777. The summed E-state index contributed by atoms with van der Waals surface area (Å²) in [6.45, 7) is 3.88. The van der Waals surface area contributed by atoms with Gasteiger partial charge in [-0.3, -0.25) is 4.79 Å². The molecule has 2 rings (SSSR count). The lowest BCUT2D eigenvalue weighted by molar-refractivity contribution is 0.110. The molecule has 18 heavy (non-hydrogen) atoms. The summed E-state index contributed by atoms with van der Waals surface area (Å²) in [6, 6.07) is 8.75. The highest BCUT2D eigenvalue weighted by molar-refractivity contribution is 6.32. The molecule has 1 aromatic carbocycles. The normalized spacial score (nSPS) is 10.7. The third-order valence-electron chi connectivity index (χ3n) is 2.32. The lowest BCUT2D eigenvalue weighted by Crippen LogP contribution is -2.05. The van der Waals surface area contributed by atoms with E-state index in [9.17, 15) is 4.79 Å². The predicted octanol–water partition coefficient (Wildman–Crippen LogP) is 4.20. The van der Waals surface area contributed by atoms with E-state index < -0.39 is 0 Å². The van der Waals surface area contributed by atoms with Gasteiger partial charge in [-0.1, -0.05) is 11.6 Å². The van der Waals surface area contributed by atoms with Crippen LogP contribution in [0.25, 0.3) is 11.3 Å². The van der Waals surface area contributed by atoms with E-state index in [0.717, 1.165) is 5.56 Å². The lowest BCUT2D eigenvalue weighted by Gasteiger charge is -2.11. The van der Waals surface area contributed by atoms with Crippen molar-refractivity contribution in [3.8, 4) is 17.1 Å². The van der Waals surface area contributed by atoms with Gasteiger partial charge in [-0.15, -0.1) is 0 Å². The summed E-state index contributed by atoms with van der Waals surface area (Å²) in [5.41, 5.74) is 0.809. The maximum atomic E-state index is 10.6. The highest BCUT2D eigenvalue weighted by Crippen LogP contribution is 2.31. The van der Waals surface area contributed by atoms with Crippen molar-refractivity contribution >= 4 is 17.9 Å². The summed E-state index contributed by atoms with van der Waals surface area (Å²) >= 11 is 6.13. The Morgan fingerprint density at radius 1 is 1.28 bits per heavy atom. The van der Waals surface area contributed by atoms with Crippen molar-refractivity contribution in [2.75, 3.05) is 0 Å². The van der Waals surface area contributed by atoms with Crippen LogP contribution in [0.5, 0.6) is 5.75 Å². The first-order valence-electron chi connectivity index (χ1n) is 5.61. The number of furan rings is 1. The van der Waals surface area contributed by atoms with E-state index in [0.29, 0.717) is 28.6 Å². The molecule has 4 heteroatoms. The highest BCUT2D eigenvalue weighted by atomic mass is 35.5. The summed E-state index contributed by atoms with van der Waals surface area (Å²) in [7, 11) is 0. The van der Waals surface area contributed by atoms with E-state index in [4.69, 9.17) is 20.8 Å². The van der Waals surface area contributed by atoms with Gasteiger partial charge in [-0.25, -0.2) is 0 Å². The molecule has 0 radical (unpaired) electrons. The number of benzene rings is 1. The van der Waals surface area contributed by atoms with Gasteiger partial charge in [0, 0.05) is 5.56 Å². The van der Waals surface area contributed by atoms with Crippen molar-refractivity contribution in [3.05, 3.63) is 41.1 Å². The maximum Gasteiger partial charge on any atom is 0.185 e. The summed E-state index contributed by atoms with van der Waals surface area (Å²) in [5.74, 6) is 1.54. The molecule has 0 unspecified atom stereocenters. The molecule has 94 valence electrons. The average molecular weight is 265 g/mol. The minimum absolute atomic E-state index is 0.0682. The van der Waals surface area contributed by atoms with Gasteiger partial charge >= 0.3 is 0 Å². The second-order valence-corrected chi connectivity index (χ2v) is 4.54. The van der Waals surface area contributed by atoms with Crippen LogP contribution in [0.15, 0.2) is 34.7 Å². The van der Waals surface area contributed by atoms with Gasteiger partial charge in [0.15, 0.2) is 12.0 Å². The Balaban J connectivity index is 2.30. The first-order valence-corrected chi connectivity index (χ1v) is 5.99. The first-order chi connectivity index (χ1) is 8.60. The van der Waals surface area contributed by atoms with Crippen LogP contribution in [0.1, 0.15) is 24.4 Å². The Hall–Kier alpha value is -1.74. The SMILES string of the molecule is CC(C)Oc1ccc(-c2ccc(C=O)o2)cc1Cl. The van der Waals surface area contributed by atoms with E-state index in [-0.39, 0.29) is 6.10 Å². The van der Waals surface area contributed by atoms with Crippen molar-refractivity contribution < 1.29 is 13.9 Å². The van der Waals surface area contributed by atoms with E-state index in [1.54, 1.807) is 24.3 Å². The van der Waals surface area contributed by atoms with Crippen LogP contribution in [0, 0.1) is 0 Å². The van der Waals surface area contributed by atoms with Crippen LogP contribution in [0.3, 0.4) is 0 Å². The van der Waals surface area contributed by atoms with Gasteiger partial charge in [-0.2, -0.15) is 0 Å². The van der Waals surface area contributed by atoms with Crippen molar-refractivity contribution in [1.82, 2.24) is 0 Å². The zero-order valence-corrected chi connectivity index (χ0v) is 10.9. The molecule has 3 nitrogen and oxygen atoms in total. The Morgan fingerprint density at radius 3 is 2.61 bits per heavy atom. The van der Waals surface area contributed by atoms with Crippen molar-refractivity contribution in [2.45, 2.75) is 20.0 Å². The minimum atomic E-state index is 0.0682. The third-order valence-corrected chi connectivity index (χ3v) is 2.62. The van der Waals surface area contributed by atoms with Gasteiger partial charge in [0.2, 0.25) is 0 Å². The number of hydrogen-bond acceptors (Lipinski definition) is 3.